The second kappa shape index (κ2) is 3.82. The van der Waals surface area contributed by atoms with Crippen LogP contribution in [0.15, 0.2) is 18.2 Å². The van der Waals surface area contributed by atoms with E-state index in [4.69, 9.17) is 0 Å². The van der Waals surface area contributed by atoms with E-state index >= 15 is 0 Å². The van der Waals surface area contributed by atoms with E-state index in [0.29, 0.717) is 6.16 Å². The minimum Gasteiger partial charge on any atom is -0.0748 e. The first-order valence-electron chi connectivity index (χ1n) is 4.04. The second-order valence-corrected chi connectivity index (χ2v) is 4.79. The number of benzene rings is 1. The maximum atomic E-state index is 11.0. The summed E-state index contributed by atoms with van der Waals surface area (Å²) < 4.78 is 11.0. The van der Waals surface area contributed by atoms with Crippen molar-refractivity contribution in [1.29, 1.82) is 0 Å². The topological polar surface area (TPSA) is 17.1 Å². The van der Waals surface area contributed by atoms with Crippen LogP contribution in [0.5, 0.6) is 0 Å². The third-order valence-electron chi connectivity index (χ3n) is 1.89. The van der Waals surface area contributed by atoms with Gasteiger partial charge in [0.15, 0.2) is 6.16 Å². The van der Waals surface area contributed by atoms with Gasteiger partial charge >= 0.3 is 7.80 Å². The fourth-order valence-corrected chi connectivity index (χ4v) is 2.10. The lowest BCUT2D eigenvalue weighted by atomic mass is 10.1. The molecule has 0 aliphatic carbocycles. The van der Waals surface area contributed by atoms with E-state index in [2.05, 4.69) is 32.0 Å². The zero-order chi connectivity index (χ0) is 9.14. The molecule has 1 aromatic carbocycles. The molecule has 0 saturated carbocycles. The van der Waals surface area contributed by atoms with Gasteiger partial charge in [-0.05, 0) is 19.4 Å². The Labute approximate surface area is 74.6 Å². The van der Waals surface area contributed by atoms with Crippen molar-refractivity contribution in [2.24, 2.45) is 0 Å². The highest BCUT2D eigenvalue weighted by atomic mass is 31.1. The van der Waals surface area contributed by atoms with E-state index in [1.54, 1.807) is 6.66 Å². The van der Waals surface area contributed by atoms with Crippen molar-refractivity contribution in [2.75, 3.05) is 6.66 Å². The quantitative estimate of drug-likeness (QED) is 0.640. The number of rotatable bonds is 2. The van der Waals surface area contributed by atoms with Gasteiger partial charge in [0, 0.05) is 5.56 Å². The van der Waals surface area contributed by atoms with Gasteiger partial charge < -0.3 is 0 Å². The third kappa shape index (κ3) is 2.42. The lowest BCUT2D eigenvalue weighted by molar-refractivity contribution is 0.590. The highest BCUT2D eigenvalue weighted by molar-refractivity contribution is 7.42. The van der Waals surface area contributed by atoms with E-state index in [0.717, 1.165) is 0 Å². The van der Waals surface area contributed by atoms with Gasteiger partial charge in [0.2, 0.25) is 0 Å². The Morgan fingerprint density at radius 3 is 2.50 bits per heavy atom. The SMILES string of the molecule is Cc1ccc(C[P+](C)=O)c(C)c1. The van der Waals surface area contributed by atoms with Crippen molar-refractivity contribution in [3.63, 3.8) is 0 Å². The molecular formula is C10H14OP+. The van der Waals surface area contributed by atoms with Crippen molar-refractivity contribution in [3.8, 4) is 0 Å². The summed E-state index contributed by atoms with van der Waals surface area (Å²) in [5.41, 5.74) is 3.73. The van der Waals surface area contributed by atoms with E-state index in [9.17, 15) is 4.57 Å². The lowest BCUT2D eigenvalue weighted by Crippen LogP contribution is -1.86. The molecule has 0 bridgehead atoms. The standard InChI is InChI=1S/C10H14OP/c1-8-4-5-10(7-12(3)11)9(2)6-8/h4-6H,7H2,1-3H3/q+1. The summed E-state index contributed by atoms with van der Waals surface area (Å²) in [6.07, 6.45) is 0.710. The molecule has 12 heavy (non-hydrogen) atoms. The Balaban J connectivity index is 2.93. The normalized spacial score (nSPS) is 11.4. The molecule has 0 saturated heterocycles. The van der Waals surface area contributed by atoms with Crippen LogP contribution in [-0.2, 0) is 10.7 Å². The van der Waals surface area contributed by atoms with Gasteiger partial charge in [0.25, 0.3) is 0 Å². The van der Waals surface area contributed by atoms with Crippen LogP contribution in [0.1, 0.15) is 16.7 Å². The fourth-order valence-electron chi connectivity index (χ4n) is 1.26. The van der Waals surface area contributed by atoms with Crippen LogP contribution in [0.3, 0.4) is 0 Å². The van der Waals surface area contributed by atoms with Gasteiger partial charge in [-0.25, -0.2) is 0 Å². The van der Waals surface area contributed by atoms with Crippen molar-refractivity contribution >= 4 is 7.80 Å². The van der Waals surface area contributed by atoms with Crippen molar-refractivity contribution in [2.45, 2.75) is 20.0 Å². The Morgan fingerprint density at radius 2 is 2.00 bits per heavy atom. The zero-order valence-electron chi connectivity index (χ0n) is 7.79. The molecule has 1 rings (SSSR count). The summed E-state index contributed by atoms with van der Waals surface area (Å²) in [6.45, 7) is 5.92. The summed E-state index contributed by atoms with van der Waals surface area (Å²) in [7, 11) is -1.05. The molecule has 1 aromatic rings. The van der Waals surface area contributed by atoms with E-state index in [1.165, 1.54) is 16.7 Å². The predicted molar refractivity (Wildman–Crippen MR) is 53.2 cm³/mol. The highest BCUT2D eigenvalue weighted by Gasteiger charge is 2.09. The minimum atomic E-state index is -1.05. The molecule has 1 atom stereocenters. The van der Waals surface area contributed by atoms with E-state index < -0.39 is 7.80 Å². The zero-order valence-corrected chi connectivity index (χ0v) is 8.69. The van der Waals surface area contributed by atoms with Crippen LogP contribution in [0.2, 0.25) is 0 Å². The molecule has 0 heterocycles. The van der Waals surface area contributed by atoms with Crippen LogP contribution >= 0.6 is 7.80 Å². The highest BCUT2D eigenvalue weighted by Crippen LogP contribution is 2.24. The predicted octanol–water partition coefficient (Wildman–Crippen LogP) is 3.26. The second-order valence-electron chi connectivity index (χ2n) is 3.22. The average Bonchev–Trinajstić information content (AvgIpc) is 1.94. The number of hydrogen-bond donors (Lipinski definition) is 0. The molecule has 0 aliphatic heterocycles. The van der Waals surface area contributed by atoms with Gasteiger partial charge in [0.05, 0.1) is 0 Å². The van der Waals surface area contributed by atoms with Gasteiger partial charge in [-0.2, -0.15) is 0 Å². The van der Waals surface area contributed by atoms with Crippen LogP contribution in [0.4, 0.5) is 0 Å². The largest absolute Gasteiger partial charge is 0.340 e. The van der Waals surface area contributed by atoms with Gasteiger partial charge in [-0.3, -0.25) is 0 Å². The molecule has 0 radical (unpaired) electrons. The molecule has 0 aromatic heterocycles. The van der Waals surface area contributed by atoms with Crippen LogP contribution in [-0.4, -0.2) is 6.66 Å². The maximum Gasteiger partial charge on any atom is 0.340 e. The summed E-state index contributed by atoms with van der Waals surface area (Å²) in [6, 6.07) is 6.27. The summed E-state index contributed by atoms with van der Waals surface area (Å²) >= 11 is 0. The first-order chi connectivity index (χ1) is 5.59. The monoisotopic (exact) mass is 181 g/mol. The van der Waals surface area contributed by atoms with Crippen LogP contribution < -0.4 is 0 Å². The van der Waals surface area contributed by atoms with Crippen molar-refractivity contribution in [1.82, 2.24) is 0 Å². The smallest absolute Gasteiger partial charge is 0.0748 e. The summed E-state index contributed by atoms with van der Waals surface area (Å²) in [4.78, 5) is 0. The summed E-state index contributed by atoms with van der Waals surface area (Å²) in [5.74, 6) is 0. The molecule has 0 aliphatic rings. The Kier molecular flexibility index (Phi) is 2.99. The van der Waals surface area contributed by atoms with Gasteiger partial charge in [0.1, 0.15) is 6.66 Å². The fraction of sp³-hybridized carbons (Fsp3) is 0.400. The Morgan fingerprint density at radius 1 is 1.33 bits per heavy atom. The van der Waals surface area contributed by atoms with E-state index in [1.807, 2.05) is 0 Å². The average molecular weight is 181 g/mol. The lowest BCUT2D eigenvalue weighted by Gasteiger charge is -2.00. The molecule has 64 valence electrons. The molecule has 1 unspecified atom stereocenters. The minimum absolute atomic E-state index is 0.710. The molecule has 0 fully saturated rings. The first kappa shape index (κ1) is 9.41. The van der Waals surface area contributed by atoms with Gasteiger partial charge in [-0.1, -0.05) is 28.3 Å². The summed E-state index contributed by atoms with van der Waals surface area (Å²) in [5, 5.41) is 0. The molecule has 0 amide bonds. The van der Waals surface area contributed by atoms with Crippen molar-refractivity contribution < 1.29 is 4.57 Å². The first-order valence-corrected chi connectivity index (χ1v) is 5.93. The number of aryl methyl sites for hydroxylation is 2. The number of hydrogen-bond acceptors (Lipinski definition) is 1. The third-order valence-corrected chi connectivity index (χ3v) is 2.68. The Hall–Kier alpha value is -0.680. The molecule has 2 heteroatoms. The van der Waals surface area contributed by atoms with Crippen LogP contribution in [0.25, 0.3) is 0 Å². The van der Waals surface area contributed by atoms with Crippen LogP contribution in [0, 0.1) is 13.8 Å². The molecule has 0 spiro atoms. The van der Waals surface area contributed by atoms with Gasteiger partial charge in [-0.15, -0.1) is 0 Å². The molecule has 0 N–H and O–H groups in total. The molecule has 1 nitrogen and oxygen atoms in total. The van der Waals surface area contributed by atoms with Crippen molar-refractivity contribution in [3.05, 3.63) is 34.9 Å². The van der Waals surface area contributed by atoms with E-state index in [-0.39, 0.29) is 0 Å². The Bertz CT molecular complexity index is 305. The maximum absolute atomic E-state index is 11.0. The molecular weight excluding hydrogens is 167 g/mol.